The number of benzene rings is 1. The zero-order valence-corrected chi connectivity index (χ0v) is 16.0. The van der Waals surface area contributed by atoms with Crippen molar-refractivity contribution in [3.8, 4) is 5.75 Å². The van der Waals surface area contributed by atoms with Crippen LogP contribution >= 0.6 is 23.5 Å². The van der Waals surface area contributed by atoms with E-state index in [-0.39, 0.29) is 12.1 Å². The SMILES string of the molecule is Cc1cc(CSCCC(=O)OC2CCCCC2)c2c(c1)CSCO2. The second-order valence-electron chi connectivity index (χ2n) is 6.58. The average Bonchev–Trinajstić information content (AvgIpc) is 2.59. The number of fused-ring (bicyclic) bond motifs is 1. The Morgan fingerprint density at radius 3 is 3.00 bits per heavy atom. The summed E-state index contributed by atoms with van der Waals surface area (Å²) in [5.74, 6) is 4.50. The maximum absolute atomic E-state index is 11.9. The van der Waals surface area contributed by atoms with Crippen molar-refractivity contribution < 1.29 is 14.3 Å². The largest absolute Gasteiger partial charge is 0.482 e. The molecule has 0 atom stereocenters. The summed E-state index contributed by atoms with van der Waals surface area (Å²) in [4.78, 5) is 11.9. The van der Waals surface area contributed by atoms with E-state index in [2.05, 4.69) is 19.1 Å². The summed E-state index contributed by atoms with van der Waals surface area (Å²) in [7, 11) is 0. The molecule has 1 saturated carbocycles. The summed E-state index contributed by atoms with van der Waals surface area (Å²) in [6.45, 7) is 2.13. The second kappa shape index (κ2) is 9.04. The van der Waals surface area contributed by atoms with Gasteiger partial charge in [0, 0.05) is 28.4 Å². The van der Waals surface area contributed by atoms with Gasteiger partial charge < -0.3 is 9.47 Å². The van der Waals surface area contributed by atoms with E-state index in [4.69, 9.17) is 9.47 Å². The number of esters is 1. The Morgan fingerprint density at radius 1 is 1.33 bits per heavy atom. The predicted molar refractivity (Wildman–Crippen MR) is 102 cm³/mol. The van der Waals surface area contributed by atoms with Crippen LogP contribution in [0.5, 0.6) is 5.75 Å². The summed E-state index contributed by atoms with van der Waals surface area (Å²) in [5, 5.41) is 0. The lowest BCUT2D eigenvalue weighted by Crippen LogP contribution is -2.21. The monoisotopic (exact) mass is 366 g/mol. The summed E-state index contributed by atoms with van der Waals surface area (Å²) in [6.07, 6.45) is 6.45. The molecular formula is C19H26O3S2. The fourth-order valence-corrected chi connectivity index (χ4v) is 4.95. The maximum Gasteiger partial charge on any atom is 0.306 e. The highest BCUT2D eigenvalue weighted by Gasteiger charge is 2.18. The number of aryl methyl sites for hydroxylation is 1. The van der Waals surface area contributed by atoms with Crippen LogP contribution in [0.2, 0.25) is 0 Å². The molecule has 1 fully saturated rings. The summed E-state index contributed by atoms with van der Waals surface area (Å²) < 4.78 is 11.4. The normalized spacial score (nSPS) is 17.9. The van der Waals surface area contributed by atoms with Crippen molar-refractivity contribution in [3.63, 3.8) is 0 Å². The van der Waals surface area contributed by atoms with Gasteiger partial charge in [0.1, 0.15) is 17.8 Å². The van der Waals surface area contributed by atoms with E-state index >= 15 is 0 Å². The third-order valence-corrected chi connectivity index (χ3v) is 6.30. The van der Waals surface area contributed by atoms with Crippen molar-refractivity contribution in [2.45, 2.75) is 63.1 Å². The van der Waals surface area contributed by atoms with Gasteiger partial charge in [-0.1, -0.05) is 24.1 Å². The first-order valence-electron chi connectivity index (χ1n) is 8.82. The Bertz CT molecular complexity index is 568. The number of hydrogen-bond acceptors (Lipinski definition) is 5. The first kappa shape index (κ1) is 18.0. The summed E-state index contributed by atoms with van der Waals surface area (Å²) in [6, 6.07) is 4.43. The second-order valence-corrected chi connectivity index (χ2v) is 8.61. The first-order valence-corrected chi connectivity index (χ1v) is 11.1. The molecule has 1 aromatic rings. The lowest BCUT2D eigenvalue weighted by molar-refractivity contribution is -0.149. The zero-order chi connectivity index (χ0) is 16.8. The van der Waals surface area contributed by atoms with Crippen molar-refractivity contribution in [3.05, 3.63) is 28.8 Å². The van der Waals surface area contributed by atoms with Gasteiger partial charge in [-0.25, -0.2) is 0 Å². The van der Waals surface area contributed by atoms with Gasteiger partial charge in [0.25, 0.3) is 0 Å². The Labute approximate surface area is 153 Å². The molecule has 0 unspecified atom stereocenters. The van der Waals surface area contributed by atoms with Crippen LogP contribution in [-0.4, -0.2) is 23.8 Å². The number of carbonyl (C=O) groups excluding carboxylic acids is 1. The van der Waals surface area contributed by atoms with Gasteiger partial charge in [0.15, 0.2) is 0 Å². The van der Waals surface area contributed by atoms with Gasteiger partial charge in [0.05, 0.1) is 6.42 Å². The lowest BCUT2D eigenvalue weighted by atomic mass is 9.98. The molecule has 0 radical (unpaired) electrons. The lowest BCUT2D eigenvalue weighted by Gasteiger charge is -2.22. The number of rotatable bonds is 6. The average molecular weight is 367 g/mol. The topological polar surface area (TPSA) is 35.5 Å². The Balaban J connectivity index is 1.43. The molecule has 1 aromatic carbocycles. The molecule has 1 aliphatic heterocycles. The smallest absolute Gasteiger partial charge is 0.306 e. The van der Waals surface area contributed by atoms with E-state index in [9.17, 15) is 4.79 Å². The van der Waals surface area contributed by atoms with Crippen molar-refractivity contribution in [2.24, 2.45) is 0 Å². The van der Waals surface area contributed by atoms with E-state index < -0.39 is 0 Å². The summed E-state index contributed by atoms with van der Waals surface area (Å²) >= 11 is 3.60. The van der Waals surface area contributed by atoms with E-state index in [1.165, 1.54) is 36.0 Å². The Morgan fingerprint density at radius 2 is 2.17 bits per heavy atom. The minimum atomic E-state index is -0.0340. The molecule has 1 heterocycles. The molecule has 0 spiro atoms. The number of ether oxygens (including phenoxy) is 2. The van der Waals surface area contributed by atoms with Crippen LogP contribution in [0.15, 0.2) is 12.1 Å². The third-order valence-electron chi connectivity index (χ3n) is 4.49. The highest BCUT2D eigenvalue weighted by atomic mass is 32.2. The van der Waals surface area contributed by atoms with Gasteiger partial charge in [-0.15, -0.1) is 11.8 Å². The Kier molecular flexibility index (Phi) is 6.78. The summed E-state index contributed by atoms with van der Waals surface area (Å²) in [5.41, 5.74) is 3.85. The molecule has 3 rings (SSSR count). The molecular weight excluding hydrogens is 340 g/mol. The van der Waals surface area contributed by atoms with Gasteiger partial charge in [-0.2, -0.15) is 11.8 Å². The van der Waals surface area contributed by atoms with Crippen LogP contribution in [0.4, 0.5) is 0 Å². The Hall–Kier alpha value is -0.810. The highest BCUT2D eigenvalue weighted by Crippen LogP contribution is 2.35. The molecule has 24 heavy (non-hydrogen) atoms. The van der Waals surface area contributed by atoms with Crippen LogP contribution in [0, 0.1) is 6.92 Å². The van der Waals surface area contributed by atoms with Gasteiger partial charge in [0.2, 0.25) is 0 Å². The molecule has 132 valence electrons. The predicted octanol–water partition coefficient (Wildman–Crippen LogP) is 5.08. The zero-order valence-electron chi connectivity index (χ0n) is 14.3. The van der Waals surface area contributed by atoms with E-state index in [0.717, 1.165) is 41.8 Å². The number of thioether (sulfide) groups is 2. The van der Waals surface area contributed by atoms with Crippen LogP contribution in [0.3, 0.4) is 0 Å². The number of carbonyl (C=O) groups is 1. The quantitative estimate of drug-likeness (QED) is 0.518. The van der Waals surface area contributed by atoms with Crippen molar-refractivity contribution in [2.75, 3.05) is 11.7 Å². The van der Waals surface area contributed by atoms with E-state index in [1.807, 2.05) is 11.8 Å². The van der Waals surface area contributed by atoms with Crippen molar-refractivity contribution in [1.29, 1.82) is 0 Å². The minimum absolute atomic E-state index is 0.0340. The van der Waals surface area contributed by atoms with Crippen molar-refractivity contribution in [1.82, 2.24) is 0 Å². The molecule has 0 bridgehead atoms. The van der Waals surface area contributed by atoms with Gasteiger partial charge in [-0.05, 0) is 32.6 Å². The van der Waals surface area contributed by atoms with Crippen LogP contribution < -0.4 is 4.74 Å². The molecule has 5 heteroatoms. The minimum Gasteiger partial charge on any atom is -0.482 e. The molecule has 3 nitrogen and oxygen atoms in total. The molecule has 1 aliphatic carbocycles. The van der Waals surface area contributed by atoms with Crippen LogP contribution in [0.1, 0.15) is 55.2 Å². The molecule has 0 amide bonds. The molecule has 0 aromatic heterocycles. The van der Waals surface area contributed by atoms with Crippen LogP contribution in [0.25, 0.3) is 0 Å². The fraction of sp³-hybridized carbons (Fsp3) is 0.632. The number of hydrogen-bond donors (Lipinski definition) is 0. The molecule has 0 saturated heterocycles. The van der Waals surface area contributed by atoms with E-state index in [0.29, 0.717) is 6.42 Å². The third kappa shape index (κ3) is 5.09. The maximum atomic E-state index is 11.9. The standard InChI is InChI=1S/C19H26O3S2/c1-14-9-15(19-16(10-14)12-24-13-21-19)11-23-8-7-18(20)22-17-5-3-2-4-6-17/h9-10,17H,2-8,11-13H2,1H3. The molecule has 2 aliphatic rings. The van der Waals surface area contributed by atoms with Gasteiger partial charge in [-0.3, -0.25) is 4.79 Å². The van der Waals surface area contributed by atoms with Crippen LogP contribution in [-0.2, 0) is 21.0 Å². The van der Waals surface area contributed by atoms with Crippen molar-refractivity contribution >= 4 is 29.5 Å². The highest BCUT2D eigenvalue weighted by molar-refractivity contribution is 7.98. The van der Waals surface area contributed by atoms with Gasteiger partial charge >= 0.3 is 5.97 Å². The molecule has 0 N–H and O–H groups in total. The first-order chi connectivity index (χ1) is 11.7. The fourth-order valence-electron chi connectivity index (χ4n) is 3.35. The van der Waals surface area contributed by atoms with E-state index in [1.54, 1.807) is 11.8 Å².